The molecule has 110 valence electrons. The summed E-state index contributed by atoms with van der Waals surface area (Å²) in [5.74, 6) is 0.274. The third-order valence-corrected chi connectivity index (χ3v) is 4.07. The van der Waals surface area contributed by atoms with Crippen LogP contribution in [0, 0.1) is 5.82 Å². The van der Waals surface area contributed by atoms with Crippen LogP contribution in [0.5, 0.6) is 0 Å². The first kappa shape index (κ1) is 14.2. The second-order valence-corrected chi connectivity index (χ2v) is 5.59. The number of nitrogens with zero attached hydrogens (tertiary/aromatic N) is 3. The van der Waals surface area contributed by atoms with Crippen molar-refractivity contribution in [1.82, 2.24) is 9.97 Å². The summed E-state index contributed by atoms with van der Waals surface area (Å²) >= 11 is 5.87. The predicted molar refractivity (Wildman–Crippen MR) is 78.8 cm³/mol. The highest BCUT2D eigenvalue weighted by atomic mass is 35.5. The maximum Gasteiger partial charge on any atom is 0.226 e. The molecule has 0 amide bonds. The number of anilines is 1. The highest BCUT2D eigenvalue weighted by molar-refractivity contribution is 6.29. The molecule has 2 heterocycles. The lowest BCUT2D eigenvalue weighted by Crippen LogP contribution is -2.43. The van der Waals surface area contributed by atoms with Crippen molar-refractivity contribution < 1.29 is 9.50 Å². The Hall–Kier alpha value is -1.72. The number of halogens is 2. The number of benzene rings is 1. The fraction of sp³-hybridized carbons (Fsp3) is 0.333. The van der Waals surface area contributed by atoms with Gasteiger partial charge < -0.3 is 10.0 Å². The molecule has 0 bridgehead atoms. The molecule has 0 unspecified atom stereocenters. The molecular formula is C15H15ClFN3O. The Kier molecular flexibility index (Phi) is 3.78. The van der Waals surface area contributed by atoms with Crippen molar-refractivity contribution in [3.05, 3.63) is 53.1 Å². The van der Waals surface area contributed by atoms with Gasteiger partial charge in [0.25, 0.3) is 0 Å². The number of hydrogen-bond acceptors (Lipinski definition) is 4. The van der Waals surface area contributed by atoms with Crippen LogP contribution in [0.25, 0.3) is 0 Å². The van der Waals surface area contributed by atoms with Crippen molar-refractivity contribution >= 4 is 17.5 Å². The summed E-state index contributed by atoms with van der Waals surface area (Å²) in [7, 11) is 0. The molecule has 0 spiro atoms. The van der Waals surface area contributed by atoms with Crippen LogP contribution in [0.2, 0.25) is 5.15 Å². The van der Waals surface area contributed by atoms with E-state index < -0.39 is 5.60 Å². The topological polar surface area (TPSA) is 49.2 Å². The number of aromatic nitrogens is 2. The summed E-state index contributed by atoms with van der Waals surface area (Å²) in [6.07, 6.45) is 2.69. The van der Waals surface area contributed by atoms with Gasteiger partial charge in [0.15, 0.2) is 0 Å². The fourth-order valence-corrected chi connectivity index (χ4v) is 2.74. The first-order valence-corrected chi connectivity index (χ1v) is 7.17. The van der Waals surface area contributed by atoms with Gasteiger partial charge in [0.1, 0.15) is 11.0 Å². The van der Waals surface area contributed by atoms with E-state index in [1.807, 2.05) is 4.90 Å². The zero-order valence-electron chi connectivity index (χ0n) is 11.3. The zero-order chi connectivity index (χ0) is 14.9. The average molecular weight is 308 g/mol. The van der Waals surface area contributed by atoms with E-state index in [1.165, 1.54) is 12.1 Å². The van der Waals surface area contributed by atoms with Gasteiger partial charge in [-0.05, 0) is 36.6 Å². The van der Waals surface area contributed by atoms with Crippen molar-refractivity contribution in [2.24, 2.45) is 0 Å². The second-order valence-electron chi connectivity index (χ2n) is 5.20. The molecule has 0 aliphatic carbocycles. The molecule has 0 atom stereocenters. The predicted octanol–water partition coefficient (Wildman–Crippen LogP) is 2.76. The van der Waals surface area contributed by atoms with E-state index in [1.54, 1.807) is 24.4 Å². The monoisotopic (exact) mass is 307 g/mol. The molecule has 0 saturated carbocycles. The molecule has 1 N–H and O–H groups in total. The van der Waals surface area contributed by atoms with Crippen LogP contribution in [-0.2, 0) is 5.60 Å². The van der Waals surface area contributed by atoms with E-state index in [9.17, 15) is 9.50 Å². The van der Waals surface area contributed by atoms with Crippen molar-refractivity contribution in [3.63, 3.8) is 0 Å². The summed E-state index contributed by atoms with van der Waals surface area (Å²) in [4.78, 5) is 10.4. The molecule has 1 aromatic heterocycles. The molecular weight excluding hydrogens is 293 g/mol. The minimum Gasteiger partial charge on any atom is -0.385 e. The number of hydrogen-bond donors (Lipinski definition) is 1. The maximum atomic E-state index is 13.0. The minimum atomic E-state index is -0.928. The van der Waals surface area contributed by atoms with Gasteiger partial charge in [-0.25, -0.2) is 14.4 Å². The van der Waals surface area contributed by atoms with Gasteiger partial charge >= 0.3 is 0 Å². The largest absolute Gasteiger partial charge is 0.385 e. The third kappa shape index (κ3) is 2.99. The lowest BCUT2D eigenvalue weighted by atomic mass is 9.84. The lowest BCUT2D eigenvalue weighted by Gasteiger charge is -2.38. The molecule has 1 aromatic carbocycles. The molecule has 1 saturated heterocycles. The van der Waals surface area contributed by atoms with Crippen molar-refractivity contribution in [2.45, 2.75) is 18.4 Å². The van der Waals surface area contributed by atoms with Gasteiger partial charge in [-0.1, -0.05) is 23.7 Å². The van der Waals surface area contributed by atoms with Gasteiger partial charge in [-0.15, -0.1) is 0 Å². The molecule has 21 heavy (non-hydrogen) atoms. The minimum absolute atomic E-state index is 0.299. The van der Waals surface area contributed by atoms with Crippen LogP contribution in [0.1, 0.15) is 18.4 Å². The zero-order valence-corrected chi connectivity index (χ0v) is 12.1. The Balaban J connectivity index is 1.73. The Labute approximate surface area is 127 Å². The summed E-state index contributed by atoms with van der Waals surface area (Å²) in [5, 5.41) is 11.1. The molecule has 3 rings (SSSR count). The summed E-state index contributed by atoms with van der Waals surface area (Å²) in [6, 6.07) is 7.66. The molecule has 6 heteroatoms. The lowest BCUT2D eigenvalue weighted by molar-refractivity contribution is 0.0115. The van der Waals surface area contributed by atoms with Gasteiger partial charge in [0.05, 0.1) is 5.60 Å². The number of aliphatic hydroxyl groups is 1. The smallest absolute Gasteiger partial charge is 0.226 e. The van der Waals surface area contributed by atoms with E-state index in [0.29, 0.717) is 37.0 Å². The van der Waals surface area contributed by atoms with Crippen molar-refractivity contribution in [3.8, 4) is 0 Å². The van der Waals surface area contributed by atoms with Crippen LogP contribution in [0.4, 0.5) is 10.3 Å². The Bertz CT molecular complexity index is 627. The van der Waals surface area contributed by atoms with E-state index >= 15 is 0 Å². The van der Waals surface area contributed by atoms with Gasteiger partial charge in [0, 0.05) is 19.3 Å². The summed E-state index contributed by atoms with van der Waals surface area (Å²) in [6.45, 7) is 1.24. The average Bonchev–Trinajstić information content (AvgIpc) is 2.48. The van der Waals surface area contributed by atoms with Crippen LogP contribution in [0.15, 0.2) is 36.5 Å². The molecule has 1 aliphatic heterocycles. The fourth-order valence-electron chi connectivity index (χ4n) is 2.60. The van der Waals surface area contributed by atoms with E-state index in [-0.39, 0.29) is 5.82 Å². The standard InChI is InChI=1S/C15H15ClFN3O/c16-13-5-8-18-14(19-13)20-9-6-15(21,7-10-20)11-1-3-12(17)4-2-11/h1-5,8,21H,6-7,9-10H2. The van der Waals surface area contributed by atoms with E-state index in [4.69, 9.17) is 11.6 Å². The van der Waals surface area contributed by atoms with Gasteiger partial charge in [0.2, 0.25) is 5.95 Å². The Morgan fingerprint density at radius 2 is 1.81 bits per heavy atom. The normalized spacial score (nSPS) is 17.8. The molecule has 4 nitrogen and oxygen atoms in total. The quantitative estimate of drug-likeness (QED) is 0.867. The van der Waals surface area contributed by atoms with Crippen LogP contribution >= 0.6 is 11.6 Å². The van der Waals surface area contributed by atoms with Crippen molar-refractivity contribution in [2.75, 3.05) is 18.0 Å². The van der Waals surface area contributed by atoms with Crippen LogP contribution in [-0.4, -0.2) is 28.2 Å². The third-order valence-electron chi connectivity index (χ3n) is 3.86. The van der Waals surface area contributed by atoms with Crippen molar-refractivity contribution in [1.29, 1.82) is 0 Å². The summed E-state index contributed by atoms with van der Waals surface area (Å²) < 4.78 is 13.0. The molecule has 0 radical (unpaired) electrons. The first-order chi connectivity index (χ1) is 10.1. The first-order valence-electron chi connectivity index (χ1n) is 6.79. The molecule has 1 aliphatic rings. The van der Waals surface area contributed by atoms with E-state index in [0.717, 1.165) is 5.56 Å². The highest BCUT2D eigenvalue weighted by Crippen LogP contribution is 2.33. The van der Waals surface area contributed by atoms with Gasteiger partial charge in [-0.2, -0.15) is 0 Å². The Morgan fingerprint density at radius 3 is 2.43 bits per heavy atom. The Morgan fingerprint density at radius 1 is 1.14 bits per heavy atom. The number of rotatable bonds is 2. The summed E-state index contributed by atoms with van der Waals surface area (Å²) in [5.41, 5.74) is -0.182. The highest BCUT2D eigenvalue weighted by Gasteiger charge is 2.34. The van der Waals surface area contributed by atoms with Crippen LogP contribution in [0.3, 0.4) is 0 Å². The second kappa shape index (κ2) is 5.58. The van der Waals surface area contributed by atoms with Gasteiger partial charge in [-0.3, -0.25) is 0 Å². The SMILES string of the molecule is OC1(c2ccc(F)cc2)CCN(c2nccc(Cl)n2)CC1. The van der Waals surface area contributed by atoms with E-state index in [2.05, 4.69) is 9.97 Å². The maximum absolute atomic E-state index is 13.0. The number of piperidine rings is 1. The molecule has 1 fully saturated rings. The van der Waals surface area contributed by atoms with Crippen LogP contribution < -0.4 is 4.90 Å². The molecule has 2 aromatic rings.